The first kappa shape index (κ1) is 15.8. The van der Waals surface area contributed by atoms with Gasteiger partial charge in [-0.25, -0.2) is 0 Å². The van der Waals surface area contributed by atoms with Crippen LogP contribution in [0.4, 0.5) is 0 Å². The molecule has 0 aromatic carbocycles. The Kier molecular flexibility index (Phi) is 3.95. The molecule has 0 fully saturated rings. The highest BCUT2D eigenvalue weighted by Crippen LogP contribution is 2.33. The monoisotopic (exact) mass is 344 g/mol. The maximum Gasteiger partial charge on any atom is 0.264 e. The summed E-state index contributed by atoms with van der Waals surface area (Å²) in [6, 6.07) is 2.14. The van der Waals surface area contributed by atoms with Crippen LogP contribution in [0.2, 0.25) is 0 Å². The zero-order valence-electron chi connectivity index (χ0n) is 14.6. The molecule has 1 atom stereocenters. The first-order chi connectivity index (χ1) is 11.5. The van der Waals surface area contributed by atoms with E-state index in [0.717, 1.165) is 48.4 Å². The van der Waals surface area contributed by atoms with Crippen molar-refractivity contribution < 1.29 is 4.79 Å². The molecule has 3 heterocycles. The molecule has 6 heteroatoms. The van der Waals surface area contributed by atoms with Gasteiger partial charge in [-0.3, -0.25) is 4.79 Å². The van der Waals surface area contributed by atoms with Gasteiger partial charge in [-0.05, 0) is 36.8 Å². The SMILES string of the molecule is CC1CCc2sc(C(=O)N3CCn4c(nnc4C(C)C)C3)cc2C1. The number of carbonyl (C=O) groups excluding carboxylic acids is 1. The summed E-state index contributed by atoms with van der Waals surface area (Å²) in [6.07, 6.45) is 3.48. The highest BCUT2D eigenvalue weighted by atomic mass is 32.1. The van der Waals surface area contributed by atoms with Crippen LogP contribution in [0.1, 0.15) is 64.9 Å². The van der Waals surface area contributed by atoms with E-state index in [9.17, 15) is 4.79 Å². The molecule has 0 spiro atoms. The summed E-state index contributed by atoms with van der Waals surface area (Å²) in [5, 5.41) is 8.60. The number of rotatable bonds is 2. The number of hydrogen-bond donors (Lipinski definition) is 0. The summed E-state index contributed by atoms with van der Waals surface area (Å²) in [4.78, 5) is 17.2. The quantitative estimate of drug-likeness (QED) is 0.840. The van der Waals surface area contributed by atoms with Gasteiger partial charge in [0.05, 0.1) is 11.4 Å². The minimum atomic E-state index is 0.155. The molecule has 4 rings (SSSR count). The van der Waals surface area contributed by atoms with Gasteiger partial charge in [0.15, 0.2) is 5.82 Å². The van der Waals surface area contributed by atoms with E-state index in [1.54, 1.807) is 11.3 Å². The van der Waals surface area contributed by atoms with E-state index in [2.05, 4.69) is 41.6 Å². The first-order valence-electron chi connectivity index (χ1n) is 8.85. The number of hydrogen-bond acceptors (Lipinski definition) is 4. The van der Waals surface area contributed by atoms with E-state index in [-0.39, 0.29) is 5.91 Å². The summed E-state index contributed by atoms with van der Waals surface area (Å²) in [5.74, 6) is 3.19. The zero-order chi connectivity index (χ0) is 16.8. The largest absolute Gasteiger partial charge is 0.329 e. The van der Waals surface area contributed by atoms with E-state index in [4.69, 9.17) is 0 Å². The fraction of sp³-hybridized carbons (Fsp3) is 0.611. The molecule has 0 radical (unpaired) electrons. The van der Waals surface area contributed by atoms with E-state index in [1.165, 1.54) is 16.9 Å². The number of thiophene rings is 1. The van der Waals surface area contributed by atoms with Crippen LogP contribution in [0.5, 0.6) is 0 Å². The van der Waals surface area contributed by atoms with Crippen LogP contribution in [0, 0.1) is 5.92 Å². The Balaban J connectivity index is 1.54. The van der Waals surface area contributed by atoms with E-state index in [1.807, 2.05) is 4.90 Å². The van der Waals surface area contributed by atoms with E-state index >= 15 is 0 Å². The van der Waals surface area contributed by atoms with E-state index in [0.29, 0.717) is 12.5 Å². The number of aromatic nitrogens is 3. The number of aryl methyl sites for hydroxylation is 1. The normalized spacial score (nSPS) is 20.2. The lowest BCUT2D eigenvalue weighted by Gasteiger charge is -2.27. The summed E-state index contributed by atoms with van der Waals surface area (Å²) < 4.78 is 2.18. The van der Waals surface area contributed by atoms with Gasteiger partial charge in [0.25, 0.3) is 5.91 Å². The maximum absolute atomic E-state index is 12.9. The molecular formula is C18H24N4OS. The smallest absolute Gasteiger partial charge is 0.264 e. The van der Waals surface area contributed by atoms with Crippen LogP contribution in [0.25, 0.3) is 0 Å². The Morgan fingerprint density at radius 1 is 1.33 bits per heavy atom. The molecule has 0 bridgehead atoms. The summed E-state index contributed by atoms with van der Waals surface area (Å²) in [5.41, 5.74) is 1.39. The fourth-order valence-electron chi connectivity index (χ4n) is 3.75. The van der Waals surface area contributed by atoms with Crippen molar-refractivity contribution in [1.82, 2.24) is 19.7 Å². The third-order valence-corrected chi connectivity index (χ3v) is 6.35. The Morgan fingerprint density at radius 3 is 2.96 bits per heavy atom. The zero-order valence-corrected chi connectivity index (χ0v) is 15.4. The molecule has 1 aliphatic heterocycles. The highest BCUT2D eigenvalue weighted by molar-refractivity contribution is 7.14. The van der Waals surface area contributed by atoms with Gasteiger partial charge in [-0.1, -0.05) is 20.8 Å². The number of carbonyl (C=O) groups is 1. The lowest BCUT2D eigenvalue weighted by atomic mass is 9.90. The molecule has 24 heavy (non-hydrogen) atoms. The standard InChI is InChI=1S/C18H24N4OS/c1-11(2)17-20-19-16-10-21(6-7-22(16)17)18(23)15-9-13-8-12(3)4-5-14(13)24-15/h9,11-12H,4-8,10H2,1-3H3. The van der Waals surface area contributed by atoms with E-state index < -0.39 is 0 Å². The summed E-state index contributed by atoms with van der Waals surface area (Å²) in [7, 11) is 0. The van der Waals surface area contributed by atoms with Crippen LogP contribution in [0.3, 0.4) is 0 Å². The maximum atomic E-state index is 12.9. The number of amides is 1. The molecule has 0 saturated carbocycles. The van der Waals surface area contributed by atoms with Gasteiger partial charge in [-0.15, -0.1) is 21.5 Å². The van der Waals surface area contributed by atoms with Crippen molar-refractivity contribution in [1.29, 1.82) is 0 Å². The molecule has 1 amide bonds. The minimum absolute atomic E-state index is 0.155. The summed E-state index contributed by atoms with van der Waals surface area (Å²) >= 11 is 1.70. The Morgan fingerprint density at radius 2 is 2.17 bits per heavy atom. The molecule has 1 aliphatic carbocycles. The molecule has 2 aromatic heterocycles. The van der Waals surface area contributed by atoms with Crippen molar-refractivity contribution in [3.05, 3.63) is 33.0 Å². The predicted octanol–water partition coefficient (Wildman–Crippen LogP) is 3.24. The minimum Gasteiger partial charge on any atom is -0.329 e. The molecular weight excluding hydrogens is 320 g/mol. The Bertz CT molecular complexity index is 776. The van der Waals surface area contributed by atoms with Crippen molar-refractivity contribution in [3.63, 3.8) is 0 Å². The van der Waals surface area contributed by atoms with Crippen LogP contribution < -0.4 is 0 Å². The van der Waals surface area contributed by atoms with Gasteiger partial charge in [-0.2, -0.15) is 0 Å². The van der Waals surface area contributed by atoms with Gasteiger partial charge in [0, 0.05) is 23.9 Å². The van der Waals surface area contributed by atoms with Crippen molar-refractivity contribution in [3.8, 4) is 0 Å². The van der Waals surface area contributed by atoms with Gasteiger partial charge in [0.1, 0.15) is 5.82 Å². The lowest BCUT2D eigenvalue weighted by molar-refractivity contribution is 0.0711. The van der Waals surface area contributed by atoms with Crippen molar-refractivity contribution in [2.75, 3.05) is 6.54 Å². The molecule has 1 unspecified atom stereocenters. The third kappa shape index (κ3) is 2.66. The number of nitrogens with zero attached hydrogens (tertiary/aromatic N) is 4. The third-order valence-electron chi connectivity index (χ3n) is 5.13. The van der Waals surface area contributed by atoms with Crippen LogP contribution in [-0.4, -0.2) is 32.1 Å². The molecule has 0 N–H and O–H groups in total. The molecule has 2 aliphatic rings. The van der Waals surface area contributed by atoms with Gasteiger partial charge < -0.3 is 9.47 Å². The number of fused-ring (bicyclic) bond motifs is 2. The topological polar surface area (TPSA) is 51.0 Å². The predicted molar refractivity (Wildman–Crippen MR) is 94.4 cm³/mol. The van der Waals surface area contributed by atoms with Crippen LogP contribution >= 0.6 is 11.3 Å². The van der Waals surface area contributed by atoms with Crippen LogP contribution in [-0.2, 0) is 25.9 Å². The second kappa shape index (κ2) is 5.99. The van der Waals surface area contributed by atoms with Crippen molar-refractivity contribution >= 4 is 17.2 Å². The Labute approximate surface area is 146 Å². The second-order valence-corrected chi connectivity index (χ2v) is 8.55. The lowest BCUT2D eigenvalue weighted by Crippen LogP contribution is -2.38. The molecule has 2 aromatic rings. The van der Waals surface area contributed by atoms with Crippen LogP contribution in [0.15, 0.2) is 6.07 Å². The fourth-order valence-corrected chi connectivity index (χ4v) is 4.92. The van der Waals surface area contributed by atoms with Gasteiger partial charge >= 0.3 is 0 Å². The highest BCUT2D eigenvalue weighted by Gasteiger charge is 2.28. The average molecular weight is 344 g/mol. The summed E-state index contributed by atoms with van der Waals surface area (Å²) in [6.45, 7) is 8.66. The Hall–Kier alpha value is -1.69. The van der Waals surface area contributed by atoms with Crippen molar-refractivity contribution in [2.45, 2.75) is 59.0 Å². The second-order valence-electron chi connectivity index (χ2n) is 7.41. The van der Waals surface area contributed by atoms with Crippen molar-refractivity contribution in [2.24, 2.45) is 5.92 Å². The average Bonchev–Trinajstić information content (AvgIpc) is 3.16. The molecule has 5 nitrogen and oxygen atoms in total. The molecule has 128 valence electrons. The van der Waals surface area contributed by atoms with Gasteiger partial charge in [0.2, 0.25) is 0 Å². The first-order valence-corrected chi connectivity index (χ1v) is 9.67. The molecule has 0 saturated heterocycles.